The fourth-order valence-corrected chi connectivity index (χ4v) is 3.69. The Labute approximate surface area is 186 Å². The number of rotatable bonds is 7. The number of unbranched alkanes of at least 4 members (excludes halogenated alkanes) is 2. The van der Waals surface area contributed by atoms with Crippen LogP contribution in [0.5, 0.6) is 5.75 Å². The Morgan fingerprint density at radius 1 is 1.20 bits per heavy atom. The normalized spacial score (nSPS) is 15.8. The Balaban J connectivity index is 1.75. The van der Waals surface area contributed by atoms with E-state index in [0.29, 0.717) is 39.3 Å². The minimum absolute atomic E-state index is 0.0700. The van der Waals surface area contributed by atoms with Crippen molar-refractivity contribution in [2.24, 2.45) is 0 Å². The molecule has 7 heteroatoms. The smallest absolute Gasteiger partial charge is 0.267 e. The van der Waals surface area contributed by atoms with E-state index >= 15 is 0 Å². The molecule has 5 nitrogen and oxygen atoms in total. The summed E-state index contributed by atoms with van der Waals surface area (Å²) in [4.78, 5) is 26.7. The van der Waals surface area contributed by atoms with Crippen molar-refractivity contribution in [3.63, 3.8) is 0 Å². The van der Waals surface area contributed by atoms with Gasteiger partial charge >= 0.3 is 0 Å². The molecule has 0 radical (unpaired) electrons. The second kappa shape index (κ2) is 10.0. The van der Waals surface area contributed by atoms with E-state index in [1.165, 1.54) is 6.08 Å². The Kier molecular flexibility index (Phi) is 7.40. The number of fused-ring (bicyclic) bond motifs is 1. The molecule has 1 atom stereocenters. The standard InChI is InChI=1S/C23H24Cl2N2O3/c1-3-4-5-12-27-20-14-18(9-10-21(20)30-15(2)23(27)29)26-22(28)11-7-16-6-8-17(24)13-19(16)25/h6-11,13-15H,3-5,12H2,1-2H3,(H,26,28)/b11-7+. The highest BCUT2D eigenvalue weighted by atomic mass is 35.5. The highest BCUT2D eigenvalue weighted by Crippen LogP contribution is 2.36. The first-order valence-corrected chi connectivity index (χ1v) is 10.7. The fraction of sp³-hybridized carbons (Fsp3) is 0.304. The Hall–Kier alpha value is -2.50. The van der Waals surface area contributed by atoms with E-state index in [-0.39, 0.29) is 11.8 Å². The van der Waals surface area contributed by atoms with Crippen LogP contribution in [-0.4, -0.2) is 24.5 Å². The molecule has 1 aliphatic rings. The molecule has 0 saturated heterocycles. The molecule has 0 aliphatic carbocycles. The molecule has 0 bridgehead atoms. The van der Waals surface area contributed by atoms with E-state index in [1.54, 1.807) is 54.3 Å². The molecule has 1 unspecified atom stereocenters. The van der Waals surface area contributed by atoms with Crippen LogP contribution in [0.2, 0.25) is 10.0 Å². The highest BCUT2D eigenvalue weighted by Gasteiger charge is 2.31. The van der Waals surface area contributed by atoms with Gasteiger partial charge in [-0.05, 0) is 55.3 Å². The molecule has 0 aromatic heterocycles. The highest BCUT2D eigenvalue weighted by molar-refractivity contribution is 6.35. The van der Waals surface area contributed by atoms with E-state index in [2.05, 4.69) is 12.2 Å². The first-order chi connectivity index (χ1) is 14.4. The van der Waals surface area contributed by atoms with Crippen LogP contribution in [0.1, 0.15) is 38.7 Å². The average molecular weight is 447 g/mol. The van der Waals surface area contributed by atoms with Gasteiger partial charge in [-0.2, -0.15) is 0 Å². The van der Waals surface area contributed by atoms with Gasteiger partial charge < -0.3 is 15.0 Å². The van der Waals surface area contributed by atoms with Crippen LogP contribution in [0.25, 0.3) is 6.08 Å². The largest absolute Gasteiger partial charge is 0.479 e. The van der Waals surface area contributed by atoms with Crippen molar-refractivity contribution < 1.29 is 14.3 Å². The first kappa shape index (κ1) is 22.2. The van der Waals surface area contributed by atoms with Crippen LogP contribution in [-0.2, 0) is 9.59 Å². The molecule has 1 aliphatic heterocycles. The van der Waals surface area contributed by atoms with Crippen molar-refractivity contribution in [3.05, 3.63) is 58.1 Å². The van der Waals surface area contributed by atoms with Gasteiger partial charge in [0.05, 0.1) is 5.69 Å². The van der Waals surface area contributed by atoms with Gasteiger partial charge in [-0.3, -0.25) is 9.59 Å². The number of carbonyl (C=O) groups is 2. The molecular formula is C23H24Cl2N2O3. The molecule has 2 aromatic rings. The maximum Gasteiger partial charge on any atom is 0.267 e. The van der Waals surface area contributed by atoms with Crippen molar-refractivity contribution in [3.8, 4) is 5.75 Å². The molecule has 2 amide bonds. The molecule has 0 fully saturated rings. The van der Waals surface area contributed by atoms with E-state index in [9.17, 15) is 9.59 Å². The Morgan fingerprint density at radius 3 is 2.73 bits per heavy atom. The number of ether oxygens (including phenoxy) is 1. The van der Waals surface area contributed by atoms with Crippen LogP contribution in [0.15, 0.2) is 42.5 Å². The number of anilines is 2. The van der Waals surface area contributed by atoms with Crippen molar-refractivity contribution >= 4 is 52.5 Å². The van der Waals surface area contributed by atoms with Gasteiger partial charge in [0.1, 0.15) is 5.75 Å². The van der Waals surface area contributed by atoms with Gasteiger partial charge in [0.15, 0.2) is 6.10 Å². The lowest BCUT2D eigenvalue weighted by Gasteiger charge is -2.33. The molecule has 2 aromatic carbocycles. The average Bonchev–Trinajstić information content (AvgIpc) is 2.70. The number of benzene rings is 2. The predicted octanol–water partition coefficient (Wildman–Crippen LogP) is 5.95. The van der Waals surface area contributed by atoms with E-state index in [1.807, 2.05) is 0 Å². The summed E-state index contributed by atoms with van der Waals surface area (Å²) in [6, 6.07) is 10.4. The van der Waals surface area contributed by atoms with E-state index < -0.39 is 6.10 Å². The van der Waals surface area contributed by atoms with Gasteiger partial charge in [0.25, 0.3) is 5.91 Å². The van der Waals surface area contributed by atoms with Crippen LogP contribution >= 0.6 is 23.2 Å². The minimum Gasteiger partial charge on any atom is -0.479 e. The summed E-state index contributed by atoms with van der Waals surface area (Å²) >= 11 is 12.0. The van der Waals surface area contributed by atoms with Gasteiger partial charge in [-0.1, -0.05) is 49.0 Å². The molecule has 0 saturated carbocycles. The number of nitrogens with one attached hydrogen (secondary N) is 1. The van der Waals surface area contributed by atoms with Gasteiger partial charge in [0.2, 0.25) is 5.91 Å². The quantitative estimate of drug-likeness (QED) is 0.422. The van der Waals surface area contributed by atoms with Gasteiger partial charge in [-0.15, -0.1) is 0 Å². The molecule has 0 spiro atoms. The van der Waals surface area contributed by atoms with Crippen LogP contribution in [0.4, 0.5) is 11.4 Å². The zero-order valence-electron chi connectivity index (χ0n) is 17.0. The zero-order valence-corrected chi connectivity index (χ0v) is 18.5. The Morgan fingerprint density at radius 2 is 2.00 bits per heavy atom. The van der Waals surface area contributed by atoms with Crippen molar-refractivity contribution in [2.45, 2.75) is 39.2 Å². The lowest BCUT2D eigenvalue weighted by Crippen LogP contribution is -2.44. The SMILES string of the molecule is CCCCCN1C(=O)C(C)Oc2ccc(NC(=O)/C=C/c3ccc(Cl)cc3Cl)cc21. The monoisotopic (exact) mass is 446 g/mol. The van der Waals surface area contributed by atoms with E-state index in [4.69, 9.17) is 27.9 Å². The van der Waals surface area contributed by atoms with Crippen molar-refractivity contribution in [2.75, 3.05) is 16.8 Å². The third kappa shape index (κ3) is 5.35. The van der Waals surface area contributed by atoms with Crippen LogP contribution in [0, 0.1) is 0 Å². The van der Waals surface area contributed by atoms with Crippen LogP contribution in [0.3, 0.4) is 0 Å². The summed E-state index contributed by atoms with van der Waals surface area (Å²) in [5, 5.41) is 3.82. The lowest BCUT2D eigenvalue weighted by atomic mass is 10.1. The summed E-state index contributed by atoms with van der Waals surface area (Å²) in [6.07, 6.45) is 5.53. The number of nitrogens with zero attached hydrogens (tertiary/aromatic N) is 1. The zero-order chi connectivity index (χ0) is 21.7. The fourth-order valence-electron chi connectivity index (χ4n) is 3.22. The molecule has 1 N–H and O–H groups in total. The topological polar surface area (TPSA) is 58.6 Å². The summed E-state index contributed by atoms with van der Waals surface area (Å²) in [5.74, 6) is 0.259. The van der Waals surface area contributed by atoms with E-state index in [0.717, 1.165) is 19.3 Å². The first-order valence-electron chi connectivity index (χ1n) is 9.95. The number of amides is 2. The minimum atomic E-state index is -0.522. The number of hydrogen-bond acceptors (Lipinski definition) is 3. The molecular weight excluding hydrogens is 423 g/mol. The van der Waals surface area contributed by atoms with Crippen LogP contribution < -0.4 is 15.0 Å². The van der Waals surface area contributed by atoms with Crippen molar-refractivity contribution in [1.29, 1.82) is 0 Å². The summed E-state index contributed by atoms with van der Waals surface area (Å²) in [6.45, 7) is 4.50. The Bertz CT molecular complexity index is 975. The molecule has 3 rings (SSSR count). The summed E-state index contributed by atoms with van der Waals surface area (Å²) in [5.41, 5.74) is 1.95. The van der Waals surface area contributed by atoms with Gasteiger partial charge in [-0.25, -0.2) is 0 Å². The maximum absolute atomic E-state index is 12.6. The molecule has 1 heterocycles. The summed E-state index contributed by atoms with van der Waals surface area (Å²) < 4.78 is 5.73. The second-order valence-electron chi connectivity index (χ2n) is 7.13. The third-order valence-electron chi connectivity index (χ3n) is 4.80. The predicted molar refractivity (Wildman–Crippen MR) is 123 cm³/mol. The van der Waals surface area contributed by atoms with Crippen molar-refractivity contribution in [1.82, 2.24) is 0 Å². The third-order valence-corrected chi connectivity index (χ3v) is 5.36. The molecule has 158 valence electrons. The second-order valence-corrected chi connectivity index (χ2v) is 7.97. The number of hydrogen-bond donors (Lipinski definition) is 1. The van der Waals surface area contributed by atoms with Gasteiger partial charge in [0, 0.05) is 28.4 Å². The molecule has 30 heavy (non-hydrogen) atoms. The lowest BCUT2D eigenvalue weighted by molar-refractivity contribution is -0.125. The maximum atomic E-state index is 12.6. The summed E-state index contributed by atoms with van der Waals surface area (Å²) in [7, 11) is 0. The number of halogens is 2. The number of carbonyl (C=O) groups excluding carboxylic acids is 2.